The van der Waals surface area contributed by atoms with Crippen LogP contribution in [0.3, 0.4) is 0 Å². The van der Waals surface area contributed by atoms with Gasteiger partial charge in [-0.2, -0.15) is 0 Å². The number of nitrogens with one attached hydrogen (secondary N) is 1. The topological polar surface area (TPSA) is 21.3 Å². The molecule has 0 heterocycles. The van der Waals surface area contributed by atoms with Crippen LogP contribution in [0, 0.1) is 5.92 Å². The van der Waals surface area contributed by atoms with Gasteiger partial charge < -0.3 is 10.1 Å². The van der Waals surface area contributed by atoms with E-state index in [4.69, 9.17) is 4.74 Å². The molecule has 0 aliphatic rings. The van der Waals surface area contributed by atoms with E-state index in [9.17, 15) is 0 Å². The highest BCUT2D eigenvalue weighted by Gasteiger charge is 2.09. The van der Waals surface area contributed by atoms with E-state index < -0.39 is 0 Å². The molecule has 0 aliphatic heterocycles. The minimum atomic E-state index is 0.561. The molecule has 0 aromatic carbocycles. The molecule has 1 N–H and O–H groups in total. The van der Waals surface area contributed by atoms with Gasteiger partial charge in [0.15, 0.2) is 0 Å². The van der Waals surface area contributed by atoms with Crippen molar-refractivity contribution in [2.75, 3.05) is 25.1 Å². The van der Waals surface area contributed by atoms with Gasteiger partial charge in [-0.1, -0.05) is 29.8 Å². The molecular weight excluding hydrogens is 218 g/mol. The quantitative estimate of drug-likeness (QED) is 0.541. The molecule has 0 rings (SSSR count). The fourth-order valence-corrected chi connectivity index (χ4v) is 1.91. The van der Waals surface area contributed by atoms with Crippen LogP contribution in [0.25, 0.3) is 0 Å². The number of alkyl halides is 1. The van der Waals surface area contributed by atoms with Crippen molar-refractivity contribution in [2.24, 2.45) is 5.92 Å². The van der Waals surface area contributed by atoms with Crippen LogP contribution < -0.4 is 5.32 Å². The van der Waals surface area contributed by atoms with E-state index >= 15 is 0 Å². The second kappa shape index (κ2) is 8.02. The molecular formula is C9H20BrNO. The Bertz CT molecular complexity index is 98.5. The molecule has 0 aliphatic carbocycles. The van der Waals surface area contributed by atoms with Crippen molar-refractivity contribution in [3.05, 3.63) is 0 Å². The first-order valence-electron chi connectivity index (χ1n) is 4.59. The molecule has 0 saturated carbocycles. The highest BCUT2D eigenvalue weighted by molar-refractivity contribution is 9.09. The van der Waals surface area contributed by atoms with Crippen molar-refractivity contribution >= 4 is 15.9 Å². The van der Waals surface area contributed by atoms with E-state index in [2.05, 4.69) is 35.1 Å². The van der Waals surface area contributed by atoms with E-state index in [0.29, 0.717) is 12.0 Å². The molecule has 1 atom stereocenters. The van der Waals surface area contributed by atoms with Gasteiger partial charge in [-0.15, -0.1) is 0 Å². The predicted octanol–water partition coefficient (Wildman–Crippen LogP) is 2.03. The molecule has 0 saturated heterocycles. The van der Waals surface area contributed by atoms with Gasteiger partial charge in [-0.25, -0.2) is 0 Å². The summed E-state index contributed by atoms with van der Waals surface area (Å²) in [6.07, 6.45) is 0. The summed E-state index contributed by atoms with van der Waals surface area (Å²) in [5.41, 5.74) is 0. The lowest BCUT2D eigenvalue weighted by Gasteiger charge is -2.19. The normalized spacial score (nSPS) is 13.8. The summed E-state index contributed by atoms with van der Waals surface area (Å²) in [6.45, 7) is 9.03. The predicted molar refractivity (Wildman–Crippen MR) is 56.9 cm³/mol. The summed E-state index contributed by atoms with van der Waals surface area (Å²) >= 11 is 3.48. The van der Waals surface area contributed by atoms with Crippen LogP contribution in [-0.4, -0.2) is 31.1 Å². The summed E-state index contributed by atoms with van der Waals surface area (Å²) in [7, 11) is 0. The van der Waals surface area contributed by atoms with Crippen LogP contribution in [0.1, 0.15) is 20.8 Å². The van der Waals surface area contributed by atoms with Gasteiger partial charge in [0.05, 0.1) is 6.61 Å². The summed E-state index contributed by atoms with van der Waals surface area (Å²) in [5.74, 6) is 0.672. The molecule has 12 heavy (non-hydrogen) atoms. The maximum absolute atomic E-state index is 5.23. The zero-order chi connectivity index (χ0) is 9.40. The van der Waals surface area contributed by atoms with Gasteiger partial charge in [-0.05, 0) is 12.8 Å². The first-order valence-corrected chi connectivity index (χ1v) is 5.71. The Balaban J connectivity index is 3.32. The smallest absolute Gasteiger partial charge is 0.0590 e. The van der Waals surface area contributed by atoms with E-state index in [1.54, 1.807) is 0 Å². The van der Waals surface area contributed by atoms with Gasteiger partial charge in [-0.3, -0.25) is 0 Å². The van der Waals surface area contributed by atoms with Crippen molar-refractivity contribution in [3.63, 3.8) is 0 Å². The first kappa shape index (κ1) is 12.4. The number of hydrogen-bond acceptors (Lipinski definition) is 2. The Morgan fingerprint density at radius 3 is 2.50 bits per heavy atom. The lowest BCUT2D eigenvalue weighted by atomic mass is 10.1. The van der Waals surface area contributed by atoms with Gasteiger partial charge >= 0.3 is 0 Å². The highest BCUT2D eigenvalue weighted by Crippen LogP contribution is 2.03. The number of ether oxygens (including phenoxy) is 1. The molecule has 0 bridgehead atoms. The fraction of sp³-hybridized carbons (Fsp3) is 1.00. The third kappa shape index (κ3) is 5.98. The lowest BCUT2D eigenvalue weighted by Crippen LogP contribution is -2.37. The second-order valence-corrected chi connectivity index (χ2v) is 3.80. The third-order valence-electron chi connectivity index (χ3n) is 1.83. The minimum absolute atomic E-state index is 0.561. The maximum Gasteiger partial charge on any atom is 0.0590 e. The maximum atomic E-state index is 5.23. The molecule has 0 radical (unpaired) electrons. The van der Waals surface area contributed by atoms with Crippen molar-refractivity contribution in [1.82, 2.24) is 5.32 Å². The van der Waals surface area contributed by atoms with Crippen molar-refractivity contribution in [3.8, 4) is 0 Å². The fourth-order valence-electron chi connectivity index (χ4n) is 0.929. The number of halogens is 1. The molecule has 74 valence electrons. The summed E-state index contributed by atoms with van der Waals surface area (Å²) in [6, 6.07) is 0.561. The SMILES string of the molecule is CCOCCNC(CBr)C(C)C. The third-order valence-corrected chi connectivity index (χ3v) is 2.53. The number of rotatable bonds is 7. The Kier molecular flexibility index (Phi) is 8.29. The van der Waals surface area contributed by atoms with Crippen LogP contribution in [0.4, 0.5) is 0 Å². The Hall–Kier alpha value is 0.400. The van der Waals surface area contributed by atoms with Crippen LogP contribution in [-0.2, 0) is 4.74 Å². The molecule has 3 heteroatoms. The first-order chi connectivity index (χ1) is 5.72. The lowest BCUT2D eigenvalue weighted by molar-refractivity contribution is 0.146. The largest absolute Gasteiger partial charge is 0.380 e. The van der Waals surface area contributed by atoms with Gasteiger partial charge in [0, 0.05) is 24.5 Å². The molecule has 0 spiro atoms. The Morgan fingerprint density at radius 1 is 1.42 bits per heavy atom. The van der Waals surface area contributed by atoms with Crippen molar-refractivity contribution in [2.45, 2.75) is 26.8 Å². The summed E-state index contributed by atoms with van der Waals surface area (Å²) < 4.78 is 5.23. The van der Waals surface area contributed by atoms with Crippen LogP contribution in [0.15, 0.2) is 0 Å². The van der Waals surface area contributed by atoms with E-state index in [0.717, 1.165) is 25.1 Å². The highest BCUT2D eigenvalue weighted by atomic mass is 79.9. The van der Waals surface area contributed by atoms with Gasteiger partial charge in [0.25, 0.3) is 0 Å². The van der Waals surface area contributed by atoms with Crippen molar-refractivity contribution < 1.29 is 4.74 Å². The molecule has 0 aromatic rings. The zero-order valence-electron chi connectivity index (χ0n) is 8.27. The summed E-state index contributed by atoms with van der Waals surface area (Å²) in [5, 5.41) is 4.44. The summed E-state index contributed by atoms with van der Waals surface area (Å²) in [4.78, 5) is 0. The van der Waals surface area contributed by atoms with E-state index in [-0.39, 0.29) is 0 Å². The van der Waals surface area contributed by atoms with Gasteiger partial charge in [0.2, 0.25) is 0 Å². The molecule has 0 aromatic heterocycles. The van der Waals surface area contributed by atoms with Crippen LogP contribution in [0.5, 0.6) is 0 Å². The van der Waals surface area contributed by atoms with E-state index in [1.165, 1.54) is 0 Å². The van der Waals surface area contributed by atoms with Crippen molar-refractivity contribution in [1.29, 1.82) is 0 Å². The Morgan fingerprint density at radius 2 is 2.08 bits per heavy atom. The average Bonchev–Trinajstić information content (AvgIpc) is 2.04. The Labute approximate surface area is 84.2 Å². The number of hydrogen-bond donors (Lipinski definition) is 1. The average molecular weight is 238 g/mol. The van der Waals surface area contributed by atoms with Crippen LogP contribution >= 0.6 is 15.9 Å². The minimum Gasteiger partial charge on any atom is -0.380 e. The molecule has 0 amide bonds. The van der Waals surface area contributed by atoms with E-state index in [1.807, 2.05) is 6.92 Å². The molecule has 2 nitrogen and oxygen atoms in total. The zero-order valence-corrected chi connectivity index (χ0v) is 9.86. The second-order valence-electron chi connectivity index (χ2n) is 3.16. The van der Waals surface area contributed by atoms with Gasteiger partial charge in [0.1, 0.15) is 0 Å². The molecule has 0 fully saturated rings. The van der Waals surface area contributed by atoms with Crippen LogP contribution in [0.2, 0.25) is 0 Å². The molecule has 1 unspecified atom stereocenters. The standard InChI is InChI=1S/C9H20BrNO/c1-4-12-6-5-11-9(7-10)8(2)3/h8-9,11H,4-7H2,1-3H3. The monoisotopic (exact) mass is 237 g/mol.